The zero-order valence-corrected chi connectivity index (χ0v) is 16.3. The van der Waals surface area contributed by atoms with Crippen LogP contribution in [0.3, 0.4) is 0 Å². The first-order valence-electron chi connectivity index (χ1n) is 9.35. The van der Waals surface area contributed by atoms with Crippen molar-refractivity contribution in [2.24, 2.45) is 5.92 Å². The number of hydrogen-bond donors (Lipinski definition) is 1. The molecule has 2 aliphatic rings. The van der Waals surface area contributed by atoms with Gasteiger partial charge in [-0.1, -0.05) is 62.5 Å². The minimum Gasteiger partial charge on any atom is -0.332 e. The molecule has 0 spiro atoms. The maximum absolute atomic E-state index is 3.76. The number of anilines is 1. The van der Waals surface area contributed by atoms with Gasteiger partial charge in [-0.15, -0.1) is 0 Å². The Balaban J connectivity index is 1.59. The lowest BCUT2D eigenvalue weighted by molar-refractivity contribution is 0.304. The summed E-state index contributed by atoms with van der Waals surface area (Å²) in [5.74, 6) is 0.931. The summed E-state index contributed by atoms with van der Waals surface area (Å²) in [7, 11) is 0. The van der Waals surface area contributed by atoms with Crippen molar-refractivity contribution >= 4 is 21.6 Å². The van der Waals surface area contributed by atoms with E-state index in [1.54, 1.807) is 0 Å². The van der Waals surface area contributed by atoms with E-state index in [9.17, 15) is 0 Å². The number of para-hydroxylation sites is 1. The standard InChI is InChI=1S/C21H29BrN2/c1-17(15-18-9-3-2-4-10-18)23-16-19-11-5-6-12-20(19)24-14-8-7-13-21(24)22/h5-8,11-13,17-18,23H,2-4,9-10,14-16H2,1H3. The van der Waals surface area contributed by atoms with Crippen LogP contribution in [0.4, 0.5) is 5.69 Å². The van der Waals surface area contributed by atoms with E-state index in [0.717, 1.165) is 23.6 Å². The highest BCUT2D eigenvalue weighted by Crippen LogP contribution is 2.29. The van der Waals surface area contributed by atoms with Crippen LogP contribution >= 0.6 is 15.9 Å². The Bertz CT molecular complexity index is 587. The van der Waals surface area contributed by atoms with Gasteiger partial charge < -0.3 is 10.2 Å². The molecule has 1 fully saturated rings. The van der Waals surface area contributed by atoms with Crippen molar-refractivity contribution in [3.8, 4) is 0 Å². The van der Waals surface area contributed by atoms with E-state index in [0.29, 0.717) is 6.04 Å². The van der Waals surface area contributed by atoms with E-state index in [-0.39, 0.29) is 0 Å². The van der Waals surface area contributed by atoms with Gasteiger partial charge in [-0.05, 0) is 52.9 Å². The predicted molar refractivity (Wildman–Crippen MR) is 107 cm³/mol. The molecule has 3 rings (SSSR count). The first-order chi connectivity index (χ1) is 11.7. The van der Waals surface area contributed by atoms with E-state index < -0.39 is 0 Å². The minimum atomic E-state index is 0.585. The van der Waals surface area contributed by atoms with Crippen LogP contribution in [0.1, 0.15) is 51.0 Å². The van der Waals surface area contributed by atoms with Gasteiger partial charge in [0.15, 0.2) is 0 Å². The lowest BCUT2D eigenvalue weighted by Gasteiger charge is -2.28. The zero-order valence-electron chi connectivity index (χ0n) is 14.7. The van der Waals surface area contributed by atoms with E-state index in [1.807, 2.05) is 0 Å². The summed E-state index contributed by atoms with van der Waals surface area (Å²) in [6.07, 6.45) is 14.9. The third-order valence-corrected chi connectivity index (χ3v) is 5.94. The zero-order chi connectivity index (χ0) is 16.8. The minimum absolute atomic E-state index is 0.585. The molecule has 1 aliphatic heterocycles. The van der Waals surface area contributed by atoms with E-state index >= 15 is 0 Å². The van der Waals surface area contributed by atoms with Crippen molar-refractivity contribution in [1.29, 1.82) is 0 Å². The van der Waals surface area contributed by atoms with Gasteiger partial charge in [0.1, 0.15) is 0 Å². The van der Waals surface area contributed by atoms with E-state index in [4.69, 9.17) is 0 Å². The molecule has 0 aromatic heterocycles. The lowest BCUT2D eigenvalue weighted by atomic mass is 9.85. The largest absolute Gasteiger partial charge is 0.332 e. The van der Waals surface area contributed by atoms with Crippen molar-refractivity contribution in [3.05, 3.63) is 52.7 Å². The maximum Gasteiger partial charge on any atom is 0.0853 e. The number of halogens is 1. The summed E-state index contributed by atoms with van der Waals surface area (Å²) < 4.78 is 1.13. The average molecular weight is 389 g/mol. The second-order valence-corrected chi connectivity index (χ2v) is 7.99. The molecule has 1 atom stereocenters. The second kappa shape index (κ2) is 8.87. The number of hydrogen-bond acceptors (Lipinski definition) is 2. The number of benzene rings is 1. The van der Waals surface area contributed by atoms with Crippen LogP contribution in [0, 0.1) is 5.92 Å². The van der Waals surface area contributed by atoms with E-state index in [2.05, 4.69) is 75.6 Å². The number of rotatable bonds is 6. The smallest absolute Gasteiger partial charge is 0.0853 e. The molecule has 0 saturated heterocycles. The van der Waals surface area contributed by atoms with Crippen molar-refractivity contribution in [2.75, 3.05) is 11.4 Å². The number of allylic oxidation sites excluding steroid dienone is 2. The molecule has 1 saturated carbocycles. The van der Waals surface area contributed by atoms with Crippen LogP contribution in [-0.4, -0.2) is 12.6 Å². The highest BCUT2D eigenvalue weighted by atomic mass is 79.9. The first kappa shape index (κ1) is 17.8. The molecule has 1 unspecified atom stereocenters. The third kappa shape index (κ3) is 4.73. The molecule has 1 aliphatic carbocycles. The van der Waals surface area contributed by atoms with Crippen LogP contribution in [0.2, 0.25) is 0 Å². The Morgan fingerprint density at radius 1 is 1.21 bits per heavy atom. The van der Waals surface area contributed by atoms with Gasteiger partial charge in [0.05, 0.1) is 4.61 Å². The molecule has 0 radical (unpaired) electrons. The average Bonchev–Trinajstić information content (AvgIpc) is 2.62. The normalized spacial score (nSPS) is 20.1. The molecule has 1 aromatic rings. The fourth-order valence-corrected chi connectivity index (χ4v) is 4.41. The Kier molecular flexibility index (Phi) is 6.56. The van der Waals surface area contributed by atoms with Crippen molar-refractivity contribution in [3.63, 3.8) is 0 Å². The first-order valence-corrected chi connectivity index (χ1v) is 10.1. The summed E-state index contributed by atoms with van der Waals surface area (Å²) in [6, 6.07) is 9.32. The van der Waals surface area contributed by atoms with Crippen molar-refractivity contribution in [1.82, 2.24) is 5.32 Å². The molecule has 2 nitrogen and oxygen atoms in total. The molecular formula is C21H29BrN2. The Hall–Kier alpha value is -1.06. The molecule has 3 heteroatoms. The Labute approximate surface area is 155 Å². The van der Waals surface area contributed by atoms with Crippen LogP contribution in [0.5, 0.6) is 0 Å². The highest BCUT2D eigenvalue weighted by molar-refractivity contribution is 9.11. The topological polar surface area (TPSA) is 15.3 Å². The van der Waals surface area contributed by atoms with E-state index in [1.165, 1.54) is 49.8 Å². The summed E-state index contributed by atoms with van der Waals surface area (Å²) in [5, 5.41) is 3.76. The van der Waals surface area contributed by atoms with Gasteiger partial charge in [0, 0.05) is 24.8 Å². The van der Waals surface area contributed by atoms with Crippen LogP contribution in [0.15, 0.2) is 47.1 Å². The molecule has 1 aromatic carbocycles. The molecule has 0 bridgehead atoms. The third-order valence-electron chi connectivity index (χ3n) is 5.25. The lowest BCUT2D eigenvalue weighted by Crippen LogP contribution is -2.30. The molecule has 1 heterocycles. The molecule has 0 amide bonds. The number of nitrogens with zero attached hydrogens (tertiary/aromatic N) is 1. The number of nitrogens with one attached hydrogen (secondary N) is 1. The maximum atomic E-state index is 3.76. The fourth-order valence-electron chi connectivity index (χ4n) is 3.92. The SMILES string of the molecule is CC(CC1CCCCC1)NCc1ccccc1N1CC=CC=C1Br. The van der Waals surface area contributed by atoms with Gasteiger partial charge in [0.2, 0.25) is 0 Å². The van der Waals surface area contributed by atoms with Crippen LogP contribution in [-0.2, 0) is 6.54 Å². The van der Waals surface area contributed by atoms with Crippen LogP contribution in [0.25, 0.3) is 0 Å². The van der Waals surface area contributed by atoms with Gasteiger partial charge in [-0.2, -0.15) is 0 Å². The predicted octanol–water partition coefficient (Wildman–Crippen LogP) is 5.75. The molecule has 24 heavy (non-hydrogen) atoms. The molecule has 130 valence electrons. The van der Waals surface area contributed by atoms with Crippen molar-refractivity contribution < 1.29 is 0 Å². The summed E-state index contributed by atoms with van der Waals surface area (Å²) in [5.41, 5.74) is 2.66. The summed E-state index contributed by atoms with van der Waals surface area (Å²) in [4.78, 5) is 2.32. The summed E-state index contributed by atoms with van der Waals surface area (Å²) >= 11 is 3.69. The Morgan fingerprint density at radius 3 is 2.79 bits per heavy atom. The second-order valence-electron chi connectivity index (χ2n) is 7.18. The van der Waals surface area contributed by atoms with Gasteiger partial charge in [-0.25, -0.2) is 0 Å². The van der Waals surface area contributed by atoms with Gasteiger partial charge in [0.25, 0.3) is 0 Å². The van der Waals surface area contributed by atoms with Gasteiger partial charge in [-0.3, -0.25) is 0 Å². The quantitative estimate of drug-likeness (QED) is 0.624. The molecule has 1 N–H and O–H groups in total. The van der Waals surface area contributed by atoms with Crippen molar-refractivity contribution in [2.45, 2.75) is 58.0 Å². The van der Waals surface area contributed by atoms with Crippen LogP contribution < -0.4 is 10.2 Å². The monoisotopic (exact) mass is 388 g/mol. The highest BCUT2D eigenvalue weighted by Gasteiger charge is 2.17. The fraction of sp³-hybridized carbons (Fsp3) is 0.524. The summed E-state index contributed by atoms with van der Waals surface area (Å²) in [6.45, 7) is 4.20. The Morgan fingerprint density at radius 2 is 2.00 bits per heavy atom. The molecular weight excluding hydrogens is 360 g/mol. The van der Waals surface area contributed by atoms with Gasteiger partial charge >= 0.3 is 0 Å².